The summed E-state index contributed by atoms with van der Waals surface area (Å²) in [4.78, 5) is 13.5. The molecule has 1 aromatic carbocycles. The Labute approximate surface area is 122 Å². The number of nitrogens with zero attached hydrogens (tertiary/aromatic N) is 2. The Balaban J connectivity index is 1.84. The highest BCUT2D eigenvalue weighted by Gasteiger charge is 2.11. The van der Waals surface area contributed by atoms with Gasteiger partial charge in [0.05, 0.1) is 5.56 Å². The van der Waals surface area contributed by atoms with E-state index in [9.17, 15) is 13.6 Å². The van der Waals surface area contributed by atoms with Crippen molar-refractivity contribution in [1.82, 2.24) is 15.2 Å². The summed E-state index contributed by atoms with van der Waals surface area (Å²) in [6, 6.07) is 8.71. The highest BCUT2D eigenvalue weighted by molar-refractivity contribution is 5.57. The van der Waals surface area contributed by atoms with E-state index in [2.05, 4.69) is 19.9 Å². The Morgan fingerprint density at radius 2 is 1.64 bits per heavy atom. The third-order valence-corrected chi connectivity index (χ3v) is 2.78. The van der Waals surface area contributed by atoms with Gasteiger partial charge in [0.25, 0.3) is 0 Å². The van der Waals surface area contributed by atoms with Gasteiger partial charge in [0.1, 0.15) is 5.75 Å². The van der Waals surface area contributed by atoms with Gasteiger partial charge in [0.2, 0.25) is 17.3 Å². The largest absolute Gasteiger partial charge is 0.435 e. The standard InChI is InChI=1S/C14H9F2N3O3/c15-14(16)21-10-4-1-8(2-5-10)12-18-19-13(22-12)9-3-6-11(20)17-7-9/h1-7,14H,(H,17,20). The maximum atomic E-state index is 12.1. The van der Waals surface area contributed by atoms with Gasteiger partial charge in [-0.2, -0.15) is 8.78 Å². The number of nitrogens with one attached hydrogen (secondary N) is 1. The number of aromatic amines is 1. The molecule has 6 nitrogen and oxygen atoms in total. The Morgan fingerprint density at radius 1 is 1.00 bits per heavy atom. The molecule has 0 fully saturated rings. The number of alkyl halides is 2. The summed E-state index contributed by atoms with van der Waals surface area (Å²) in [6.07, 6.45) is 1.46. The van der Waals surface area contributed by atoms with Gasteiger partial charge in [-0.3, -0.25) is 4.79 Å². The van der Waals surface area contributed by atoms with Crippen molar-refractivity contribution < 1.29 is 17.9 Å². The van der Waals surface area contributed by atoms with E-state index in [0.29, 0.717) is 11.1 Å². The van der Waals surface area contributed by atoms with Crippen LogP contribution in [0, 0.1) is 0 Å². The summed E-state index contributed by atoms with van der Waals surface area (Å²) in [7, 11) is 0. The normalized spacial score (nSPS) is 10.9. The maximum absolute atomic E-state index is 12.1. The molecule has 0 aliphatic rings. The van der Waals surface area contributed by atoms with E-state index < -0.39 is 6.61 Å². The van der Waals surface area contributed by atoms with Crippen LogP contribution in [0.5, 0.6) is 5.75 Å². The van der Waals surface area contributed by atoms with Crippen LogP contribution in [0.4, 0.5) is 8.78 Å². The summed E-state index contributed by atoms with van der Waals surface area (Å²) in [5.41, 5.74) is 0.888. The monoisotopic (exact) mass is 305 g/mol. The highest BCUT2D eigenvalue weighted by Crippen LogP contribution is 2.25. The van der Waals surface area contributed by atoms with Gasteiger partial charge in [-0.15, -0.1) is 10.2 Å². The molecular formula is C14H9F2N3O3. The third kappa shape index (κ3) is 3.00. The molecule has 0 spiro atoms. The van der Waals surface area contributed by atoms with Crippen LogP contribution in [0.3, 0.4) is 0 Å². The van der Waals surface area contributed by atoms with Crippen molar-refractivity contribution in [2.45, 2.75) is 6.61 Å². The van der Waals surface area contributed by atoms with Crippen LogP contribution in [0.2, 0.25) is 0 Å². The molecule has 22 heavy (non-hydrogen) atoms. The Bertz CT molecular complexity index is 807. The zero-order valence-corrected chi connectivity index (χ0v) is 11.0. The fourth-order valence-corrected chi connectivity index (χ4v) is 1.78. The molecule has 3 rings (SSSR count). The molecule has 0 amide bonds. The lowest BCUT2D eigenvalue weighted by Gasteiger charge is -2.03. The first-order valence-corrected chi connectivity index (χ1v) is 6.20. The highest BCUT2D eigenvalue weighted by atomic mass is 19.3. The lowest BCUT2D eigenvalue weighted by Crippen LogP contribution is -2.01. The van der Waals surface area contributed by atoms with Gasteiger partial charge in [0.15, 0.2) is 0 Å². The van der Waals surface area contributed by atoms with Gasteiger partial charge in [-0.25, -0.2) is 0 Å². The molecule has 0 atom stereocenters. The van der Waals surface area contributed by atoms with E-state index in [1.165, 1.54) is 36.5 Å². The Hall–Kier alpha value is -3.03. The summed E-state index contributed by atoms with van der Waals surface area (Å²) in [6.45, 7) is -2.87. The molecule has 3 aromatic rings. The average molecular weight is 305 g/mol. The van der Waals surface area contributed by atoms with Gasteiger partial charge < -0.3 is 14.1 Å². The van der Waals surface area contributed by atoms with Crippen molar-refractivity contribution in [1.29, 1.82) is 0 Å². The first-order chi connectivity index (χ1) is 10.6. The quantitative estimate of drug-likeness (QED) is 0.801. The number of aromatic nitrogens is 3. The maximum Gasteiger partial charge on any atom is 0.387 e. The molecule has 0 saturated heterocycles. The average Bonchev–Trinajstić information content (AvgIpc) is 2.98. The topological polar surface area (TPSA) is 81.0 Å². The first kappa shape index (κ1) is 13.9. The van der Waals surface area contributed by atoms with Gasteiger partial charge in [0, 0.05) is 17.8 Å². The molecular weight excluding hydrogens is 296 g/mol. The lowest BCUT2D eigenvalue weighted by atomic mass is 10.2. The second kappa shape index (κ2) is 5.76. The number of hydrogen-bond acceptors (Lipinski definition) is 5. The molecule has 0 aliphatic heterocycles. The molecule has 0 bridgehead atoms. The van der Waals surface area contributed by atoms with Crippen LogP contribution in [0.25, 0.3) is 22.9 Å². The van der Waals surface area contributed by atoms with Crippen LogP contribution in [0.1, 0.15) is 0 Å². The van der Waals surface area contributed by atoms with E-state index in [-0.39, 0.29) is 23.1 Å². The van der Waals surface area contributed by atoms with Crippen LogP contribution < -0.4 is 10.3 Å². The van der Waals surface area contributed by atoms with E-state index in [4.69, 9.17) is 4.42 Å². The zero-order chi connectivity index (χ0) is 15.5. The van der Waals surface area contributed by atoms with Gasteiger partial charge in [-0.1, -0.05) is 0 Å². The van der Waals surface area contributed by atoms with Crippen molar-refractivity contribution >= 4 is 0 Å². The van der Waals surface area contributed by atoms with Crippen LogP contribution in [-0.4, -0.2) is 21.8 Å². The number of halogens is 2. The minimum absolute atomic E-state index is 0.0409. The van der Waals surface area contributed by atoms with E-state index >= 15 is 0 Å². The number of H-pyrrole nitrogens is 1. The fraction of sp³-hybridized carbons (Fsp3) is 0.0714. The van der Waals surface area contributed by atoms with Crippen molar-refractivity contribution in [3.63, 3.8) is 0 Å². The molecule has 0 saturated carbocycles. The fourth-order valence-electron chi connectivity index (χ4n) is 1.78. The van der Waals surface area contributed by atoms with E-state index in [1.807, 2.05) is 0 Å². The first-order valence-electron chi connectivity index (χ1n) is 6.20. The molecule has 112 valence electrons. The van der Waals surface area contributed by atoms with Crippen LogP contribution in [-0.2, 0) is 0 Å². The van der Waals surface area contributed by atoms with E-state index in [1.54, 1.807) is 6.07 Å². The Kier molecular flexibility index (Phi) is 3.65. The van der Waals surface area contributed by atoms with Crippen molar-refractivity contribution in [3.05, 3.63) is 52.9 Å². The van der Waals surface area contributed by atoms with Crippen molar-refractivity contribution in [2.24, 2.45) is 0 Å². The molecule has 0 aliphatic carbocycles. The van der Waals surface area contributed by atoms with Crippen molar-refractivity contribution in [2.75, 3.05) is 0 Å². The molecule has 0 radical (unpaired) electrons. The van der Waals surface area contributed by atoms with Crippen molar-refractivity contribution in [3.8, 4) is 28.7 Å². The summed E-state index contributed by atoms with van der Waals surface area (Å²) in [5, 5.41) is 7.75. The van der Waals surface area contributed by atoms with Gasteiger partial charge >= 0.3 is 6.61 Å². The number of ether oxygens (including phenoxy) is 1. The van der Waals surface area contributed by atoms with Crippen LogP contribution in [0.15, 0.2) is 51.8 Å². The van der Waals surface area contributed by atoms with E-state index in [0.717, 1.165) is 0 Å². The minimum Gasteiger partial charge on any atom is -0.435 e. The zero-order valence-electron chi connectivity index (χ0n) is 11.0. The molecule has 0 unspecified atom stereocenters. The second-order valence-corrected chi connectivity index (χ2v) is 4.26. The number of pyridine rings is 1. The molecule has 2 aromatic heterocycles. The molecule has 8 heteroatoms. The molecule has 2 heterocycles. The Morgan fingerprint density at radius 3 is 2.23 bits per heavy atom. The van der Waals surface area contributed by atoms with Crippen LogP contribution >= 0.6 is 0 Å². The predicted octanol–water partition coefficient (Wildman–Crippen LogP) is 2.69. The number of benzene rings is 1. The second-order valence-electron chi connectivity index (χ2n) is 4.26. The minimum atomic E-state index is -2.87. The predicted molar refractivity (Wildman–Crippen MR) is 72.4 cm³/mol. The SMILES string of the molecule is O=c1ccc(-c2nnc(-c3ccc(OC(F)F)cc3)o2)c[nH]1. The third-order valence-electron chi connectivity index (χ3n) is 2.78. The number of rotatable bonds is 4. The lowest BCUT2D eigenvalue weighted by molar-refractivity contribution is -0.0498. The molecule has 1 N–H and O–H groups in total. The summed E-state index contributed by atoms with van der Waals surface area (Å²) < 4.78 is 33.9. The van der Waals surface area contributed by atoms with Gasteiger partial charge in [-0.05, 0) is 30.3 Å². The summed E-state index contributed by atoms with van der Waals surface area (Å²) in [5.74, 6) is 0.503. The summed E-state index contributed by atoms with van der Waals surface area (Å²) >= 11 is 0. The smallest absolute Gasteiger partial charge is 0.387 e. The number of hydrogen-bond donors (Lipinski definition) is 1.